The van der Waals surface area contributed by atoms with E-state index in [-0.39, 0.29) is 12.0 Å². The number of hydrogen-bond donors (Lipinski definition) is 1. The number of halogens is 3. The number of fused-ring (bicyclic) bond motifs is 1. The molecule has 0 bridgehead atoms. The van der Waals surface area contributed by atoms with Crippen LogP contribution in [0.25, 0.3) is 0 Å². The van der Waals surface area contributed by atoms with E-state index in [4.69, 9.17) is 14.6 Å². The van der Waals surface area contributed by atoms with Crippen molar-refractivity contribution in [3.05, 3.63) is 40.3 Å². The largest absolute Gasteiger partial charge is 0.490 e. The van der Waals surface area contributed by atoms with Crippen LogP contribution < -0.4 is 0 Å². The first kappa shape index (κ1) is 23.2. The number of rotatable bonds is 3. The third-order valence-electron chi connectivity index (χ3n) is 5.05. The average Bonchev–Trinajstić information content (AvgIpc) is 3.41. The zero-order chi connectivity index (χ0) is 22.6. The lowest BCUT2D eigenvalue weighted by molar-refractivity contribution is -0.192. The number of alkyl halides is 3. The van der Waals surface area contributed by atoms with Crippen molar-refractivity contribution >= 4 is 23.2 Å². The quantitative estimate of drug-likeness (QED) is 0.755. The molecule has 1 N–H and O–H groups in total. The van der Waals surface area contributed by atoms with Crippen molar-refractivity contribution in [3.8, 4) is 0 Å². The van der Waals surface area contributed by atoms with Crippen LogP contribution in [0.4, 0.5) is 13.2 Å². The number of thiophene rings is 1. The SMILES string of the molecule is Cn1cc(C(=O)N2C[C@@H]3CN(Cc4cccs4)CCO[C@@H]3C2)cn1.O=C(O)C(F)(F)F. The Morgan fingerprint density at radius 3 is 2.65 bits per heavy atom. The Balaban J connectivity index is 0.000000339. The van der Waals surface area contributed by atoms with Gasteiger partial charge in [-0.15, -0.1) is 11.3 Å². The summed E-state index contributed by atoms with van der Waals surface area (Å²) >= 11 is 1.80. The summed E-state index contributed by atoms with van der Waals surface area (Å²) in [6.45, 7) is 5.10. The normalized spacial score (nSPS) is 21.7. The maximum atomic E-state index is 12.6. The lowest BCUT2D eigenvalue weighted by Gasteiger charge is -2.22. The van der Waals surface area contributed by atoms with Crippen LogP contribution in [0.3, 0.4) is 0 Å². The first-order chi connectivity index (χ1) is 14.6. The highest BCUT2D eigenvalue weighted by Gasteiger charge is 2.39. The van der Waals surface area contributed by atoms with E-state index in [9.17, 15) is 18.0 Å². The molecule has 31 heavy (non-hydrogen) atoms. The van der Waals surface area contributed by atoms with Gasteiger partial charge in [0, 0.05) is 56.8 Å². The van der Waals surface area contributed by atoms with Gasteiger partial charge in [-0.2, -0.15) is 18.3 Å². The van der Waals surface area contributed by atoms with Crippen molar-refractivity contribution in [2.24, 2.45) is 13.0 Å². The smallest absolute Gasteiger partial charge is 0.475 e. The van der Waals surface area contributed by atoms with Crippen molar-refractivity contribution in [1.29, 1.82) is 0 Å². The standard InChI is InChI=1S/C17H22N4O2S.C2HF3O2/c1-19-8-13(7-18-19)17(22)21-10-14-9-20(4-5-23-16(14)12-21)11-15-3-2-6-24-15;3-2(4,5)1(6)7/h2-3,6-8,14,16H,4-5,9-12H2,1H3;(H,6,7)/t14-,16+;/m0./s1. The minimum absolute atomic E-state index is 0.0598. The van der Waals surface area contributed by atoms with E-state index in [0.717, 1.165) is 32.8 Å². The Labute approximate surface area is 180 Å². The van der Waals surface area contributed by atoms with Crippen molar-refractivity contribution in [3.63, 3.8) is 0 Å². The molecule has 2 aliphatic rings. The molecule has 8 nitrogen and oxygen atoms in total. The average molecular weight is 460 g/mol. The number of carbonyl (C=O) groups is 2. The maximum absolute atomic E-state index is 12.6. The number of likely N-dealkylation sites (tertiary alicyclic amines) is 1. The number of carbonyl (C=O) groups excluding carboxylic acids is 1. The molecule has 1 amide bonds. The van der Waals surface area contributed by atoms with Gasteiger partial charge in [0.05, 0.1) is 24.5 Å². The molecule has 0 aromatic carbocycles. The summed E-state index contributed by atoms with van der Waals surface area (Å²) in [5, 5.41) is 13.3. The molecule has 0 spiro atoms. The van der Waals surface area contributed by atoms with Crippen LogP contribution in [-0.4, -0.2) is 81.6 Å². The van der Waals surface area contributed by atoms with E-state index >= 15 is 0 Å². The summed E-state index contributed by atoms with van der Waals surface area (Å²) in [6, 6.07) is 4.28. The minimum Gasteiger partial charge on any atom is -0.475 e. The zero-order valence-corrected chi connectivity index (χ0v) is 17.6. The third kappa shape index (κ3) is 6.28. The van der Waals surface area contributed by atoms with Crippen LogP contribution in [0.5, 0.6) is 0 Å². The second-order valence-corrected chi connectivity index (χ2v) is 8.43. The second kappa shape index (κ2) is 9.79. The molecule has 0 aliphatic carbocycles. The highest BCUT2D eigenvalue weighted by molar-refractivity contribution is 7.09. The Morgan fingerprint density at radius 1 is 1.32 bits per heavy atom. The molecule has 0 radical (unpaired) electrons. The van der Waals surface area contributed by atoms with Gasteiger partial charge in [-0.25, -0.2) is 4.79 Å². The number of carboxylic acids is 1. The number of ether oxygens (including phenoxy) is 1. The molecule has 4 heterocycles. The van der Waals surface area contributed by atoms with E-state index in [0.29, 0.717) is 18.0 Å². The van der Waals surface area contributed by atoms with Crippen molar-refractivity contribution in [1.82, 2.24) is 19.6 Å². The second-order valence-electron chi connectivity index (χ2n) is 7.40. The number of aryl methyl sites for hydroxylation is 1. The number of aromatic nitrogens is 2. The topological polar surface area (TPSA) is 87.9 Å². The molecule has 2 fully saturated rings. The number of aliphatic carboxylic acids is 1. The van der Waals surface area contributed by atoms with Gasteiger partial charge in [0.25, 0.3) is 5.91 Å². The summed E-state index contributed by atoms with van der Waals surface area (Å²) in [7, 11) is 1.83. The van der Waals surface area contributed by atoms with Crippen LogP contribution in [0.1, 0.15) is 15.2 Å². The van der Waals surface area contributed by atoms with Crippen molar-refractivity contribution in [2.45, 2.75) is 18.8 Å². The zero-order valence-electron chi connectivity index (χ0n) is 16.8. The molecule has 0 unspecified atom stereocenters. The summed E-state index contributed by atoms with van der Waals surface area (Å²) in [5.74, 6) is -2.31. The Kier molecular flexibility index (Phi) is 7.34. The summed E-state index contributed by atoms with van der Waals surface area (Å²) in [6.07, 6.45) is -1.51. The molecule has 2 aromatic rings. The molecule has 0 saturated carbocycles. The van der Waals surface area contributed by atoms with Crippen molar-refractivity contribution < 1.29 is 32.6 Å². The van der Waals surface area contributed by atoms with Crippen LogP contribution in [-0.2, 0) is 23.1 Å². The van der Waals surface area contributed by atoms with Crippen LogP contribution >= 0.6 is 11.3 Å². The highest BCUT2D eigenvalue weighted by Crippen LogP contribution is 2.26. The van der Waals surface area contributed by atoms with Crippen LogP contribution in [0, 0.1) is 5.92 Å². The van der Waals surface area contributed by atoms with E-state index in [1.807, 2.05) is 11.9 Å². The number of nitrogens with zero attached hydrogens (tertiary/aromatic N) is 4. The molecule has 170 valence electrons. The highest BCUT2D eigenvalue weighted by atomic mass is 32.1. The molecule has 4 rings (SSSR count). The fourth-order valence-electron chi connectivity index (χ4n) is 3.61. The van der Waals surface area contributed by atoms with Gasteiger partial charge in [0.15, 0.2) is 0 Å². The summed E-state index contributed by atoms with van der Waals surface area (Å²) in [4.78, 5) is 27.3. The van der Waals surface area contributed by atoms with Gasteiger partial charge in [-0.05, 0) is 11.4 Å². The lowest BCUT2D eigenvalue weighted by Crippen LogP contribution is -2.33. The fourth-order valence-corrected chi connectivity index (χ4v) is 4.35. The molecule has 12 heteroatoms. The van der Waals surface area contributed by atoms with Gasteiger partial charge in [-0.1, -0.05) is 6.07 Å². The van der Waals surface area contributed by atoms with Gasteiger partial charge < -0.3 is 14.7 Å². The first-order valence-electron chi connectivity index (χ1n) is 9.58. The van der Waals surface area contributed by atoms with Gasteiger partial charge in [0.1, 0.15) is 0 Å². The van der Waals surface area contributed by atoms with Gasteiger partial charge >= 0.3 is 12.1 Å². The predicted molar refractivity (Wildman–Crippen MR) is 106 cm³/mol. The van der Waals surface area contributed by atoms with Crippen molar-refractivity contribution in [2.75, 3.05) is 32.8 Å². The first-order valence-corrected chi connectivity index (χ1v) is 10.5. The van der Waals surface area contributed by atoms with Crippen LogP contribution in [0.15, 0.2) is 29.9 Å². The molecule has 2 atom stereocenters. The Hall–Kier alpha value is -2.44. The number of carboxylic acid groups (broad SMARTS) is 1. The monoisotopic (exact) mass is 460 g/mol. The fraction of sp³-hybridized carbons (Fsp3) is 0.526. The van der Waals surface area contributed by atoms with Gasteiger partial charge in [0.2, 0.25) is 0 Å². The molecule has 2 saturated heterocycles. The molecule has 2 aromatic heterocycles. The third-order valence-corrected chi connectivity index (χ3v) is 5.92. The summed E-state index contributed by atoms with van der Waals surface area (Å²) < 4.78 is 39.4. The Bertz CT molecular complexity index is 887. The van der Waals surface area contributed by atoms with E-state index in [1.165, 1.54) is 4.88 Å². The molecular weight excluding hydrogens is 437 g/mol. The molecular formula is C19H23F3N4O4S. The van der Waals surface area contributed by atoms with E-state index in [2.05, 4.69) is 27.5 Å². The minimum atomic E-state index is -5.08. The van der Waals surface area contributed by atoms with Gasteiger partial charge in [-0.3, -0.25) is 14.4 Å². The predicted octanol–water partition coefficient (Wildman–Crippen LogP) is 2.09. The van der Waals surface area contributed by atoms with E-state index < -0.39 is 12.1 Å². The Morgan fingerprint density at radius 2 is 2.06 bits per heavy atom. The number of amides is 1. The van der Waals surface area contributed by atoms with Crippen LogP contribution in [0.2, 0.25) is 0 Å². The maximum Gasteiger partial charge on any atom is 0.490 e. The summed E-state index contributed by atoms with van der Waals surface area (Å²) in [5.41, 5.74) is 0.657. The molecule has 2 aliphatic heterocycles. The lowest BCUT2D eigenvalue weighted by atomic mass is 10.1. The number of hydrogen-bond acceptors (Lipinski definition) is 6. The van der Waals surface area contributed by atoms with E-state index in [1.54, 1.807) is 28.4 Å².